The molecule has 0 aromatic carbocycles. The predicted molar refractivity (Wildman–Crippen MR) is 38.6 cm³/mol. The lowest BCUT2D eigenvalue weighted by Gasteiger charge is -2.05. The van der Waals surface area contributed by atoms with Crippen LogP contribution in [0.3, 0.4) is 0 Å². The number of carboxylic acid groups (broad SMARTS) is 1. The summed E-state index contributed by atoms with van der Waals surface area (Å²) >= 11 is 4.00. The third-order valence-corrected chi connectivity index (χ3v) is 1.43. The maximum Gasteiger partial charge on any atom is 0.322 e. The van der Waals surface area contributed by atoms with Crippen molar-refractivity contribution in [3.63, 3.8) is 0 Å². The molecule has 0 saturated heterocycles. The maximum absolute atomic E-state index is 10.1. The van der Waals surface area contributed by atoms with E-state index in [1.165, 1.54) is 0 Å². The third kappa shape index (κ3) is 3.63. The van der Waals surface area contributed by atoms with Crippen molar-refractivity contribution < 1.29 is 14.5 Å². The standard InChI is InChI=1S/C3H7NO3S2/c5-3(6)2(1-8)4-9-7/h2,4,7-8H,1H2,(H,5,6). The first-order chi connectivity index (χ1) is 4.22. The van der Waals surface area contributed by atoms with Gasteiger partial charge in [0.15, 0.2) is 0 Å². The van der Waals surface area contributed by atoms with Crippen LogP contribution in [0, 0.1) is 0 Å². The highest BCUT2D eigenvalue weighted by atomic mass is 32.2. The molecule has 1 atom stereocenters. The highest BCUT2D eigenvalue weighted by Crippen LogP contribution is 1.92. The molecule has 4 nitrogen and oxygen atoms in total. The molecule has 0 aliphatic carbocycles. The molecule has 0 spiro atoms. The van der Waals surface area contributed by atoms with E-state index in [-0.39, 0.29) is 18.0 Å². The molecule has 0 saturated carbocycles. The smallest absolute Gasteiger partial charge is 0.322 e. The second kappa shape index (κ2) is 4.92. The van der Waals surface area contributed by atoms with Gasteiger partial charge in [-0.2, -0.15) is 12.6 Å². The van der Waals surface area contributed by atoms with Gasteiger partial charge in [-0.3, -0.25) is 4.79 Å². The average molecular weight is 169 g/mol. The van der Waals surface area contributed by atoms with Crippen LogP contribution in [0.2, 0.25) is 0 Å². The van der Waals surface area contributed by atoms with Crippen molar-refractivity contribution in [1.29, 1.82) is 0 Å². The Morgan fingerprint density at radius 1 is 1.89 bits per heavy atom. The van der Waals surface area contributed by atoms with E-state index in [1.54, 1.807) is 0 Å². The highest BCUT2D eigenvalue weighted by molar-refractivity contribution is 7.91. The van der Waals surface area contributed by atoms with Gasteiger partial charge in [-0.15, -0.1) is 0 Å². The summed E-state index contributed by atoms with van der Waals surface area (Å²) in [7, 11) is 0. The van der Waals surface area contributed by atoms with E-state index in [0.29, 0.717) is 0 Å². The summed E-state index contributed by atoms with van der Waals surface area (Å²) in [6.45, 7) is 0. The van der Waals surface area contributed by atoms with Crippen molar-refractivity contribution in [2.75, 3.05) is 5.75 Å². The fraction of sp³-hybridized carbons (Fsp3) is 0.667. The van der Waals surface area contributed by atoms with Gasteiger partial charge in [0.1, 0.15) is 6.04 Å². The largest absolute Gasteiger partial charge is 0.480 e. The maximum atomic E-state index is 10.1. The number of rotatable bonds is 4. The van der Waals surface area contributed by atoms with Crippen LogP contribution in [-0.2, 0) is 4.79 Å². The van der Waals surface area contributed by atoms with E-state index in [1.807, 2.05) is 0 Å². The number of hydrogen-bond acceptors (Lipinski definition) is 5. The Labute approximate surface area is 62.4 Å². The summed E-state index contributed by atoms with van der Waals surface area (Å²) in [6.07, 6.45) is 0. The molecule has 0 bridgehead atoms. The number of carboxylic acids is 1. The van der Waals surface area contributed by atoms with Crippen molar-refractivity contribution >= 4 is 30.8 Å². The van der Waals surface area contributed by atoms with Crippen molar-refractivity contribution in [2.45, 2.75) is 6.04 Å². The van der Waals surface area contributed by atoms with Crippen molar-refractivity contribution in [3.8, 4) is 0 Å². The molecule has 0 amide bonds. The number of thiol groups is 1. The van der Waals surface area contributed by atoms with Gasteiger partial charge in [0, 0.05) is 5.75 Å². The van der Waals surface area contributed by atoms with Crippen LogP contribution in [0.4, 0.5) is 0 Å². The Morgan fingerprint density at radius 2 is 2.44 bits per heavy atom. The SMILES string of the molecule is O=C(O)C(CS)NSO. The fourth-order valence-corrected chi connectivity index (χ4v) is 0.912. The molecule has 54 valence electrons. The monoisotopic (exact) mass is 169 g/mol. The number of carbonyl (C=O) groups is 1. The molecule has 0 aromatic rings. The van der Waals surface area contributed by atoms with E-state index in [4.69, 9.17) is 9.66 Å². The fourth-order valence-electron chi connectivity index (χ4n) is 0.229. The number of aliphatic carboxylic acids is 1. The minimum absolute atomic E-state index is 0.156. The first-order valence-electron chi connectivity index (χ1n) is 2.12. The Morgan fingerprint density at radius 3 is 2.56 bits per heavy atom. The van der Waals surface area contributed by atoms with Gasteiger partial charge in [0.2, 0.25) is 0 Å². The van der Waals surface area contributed by atoms with Gasteiger partial charge in [-0.1, -0.05) is 0 Å². The Kier molecular flexibility index (Phi) is 4.97. The van der Waals surface area contributed by atoms with E-state index in [9.17, 15) is 4.79 Å². The second-order valence-electron chi connectivity index (χ2n) is 1.28. The van der Waals surface area contributed by atoms with Crippen LogP contribution >= 0.6 is 24.9 Å². The molecule has 3 N–H and O–H groups in total. The molecule has 0 aliphatic rings. The predicted octanol–water partition coefficient (Wildman–Crippen LogP) is 0.0802. The topological polar surface area (TPSA) is 69.6 Å². The lowest BCUT2D eigenvalue weighted by molar-refractivity contribution is -0.138. The Balaban J connectivity index is 3.54. The summed E-state index contributed by atoms with van der Waals surface area (Å²) in [6, 6.07) is -0.789. The molecule has 0 heterocycles. The first-order valence-corrected chi connectivity index (χ1v) is 3.52. The second-order valence-corrected chi connectivity index (χ2v) is 2.07. The van der Waals surface area contributed by atoms with E-state index < -0.39 is 12.0 Å². The van der Waals surface area contributed by atoms with Gasteiger partial charge in [-0.05, 0) is 0 Å². The van der Waals surface area contributed by atoms with Crippen LogP contribution in [0.5, 0.6) is 0 Å². The van der Waals surface area contributed by atoms with E-state index in [2.05, 4.69) is 17.4 Å². The van der Waals surface area contributed by atoms with Crippen LogP contribution in [0.1, 0.15) is 0 Å². The van der Waals surface area contributed by atoms with Crippen molar-refractivity contribution in [1.82, 2.24) is 4.72 Å². The molecule has 9 heavy (non-hydrogen) atoms. The number of nitrogens with one attached hydrogen (secondary N) is 1. The summed E-state index contributed by atoms with van der Waals surface area (Å²) in [5, 5.41) is 8.27. The quantitative estimate of drug-likeness (QED) is 0.272. The molecule has 0 fully saturated rings. The lowest BCUT2D eigenvalue weighted by Crippen LogP contribution is -2.33. The molecule has 0 rings (SSSR count). The molecule has 0 radical (unpaired) electrons. The Bertz CT molecular complexity index is 99.1. The van der Waals surface area contributed by atoms with Crippen LogP contribution in [0.25, 0.3) is 0 Å². The van der Waals surface area contributed by atoms with Gasteiger partial charge in [0.05, 0.1) is 12.2 Å². The van der Waals surface area contributed by atoms with Crippen LogP contribution in [-0.4, -0.2) is 27.4 Å². The van der Waals surface area contributed by atoms with Crippen LogP contribution < -0.4 is 4.72 Å². The lowest BCUT2D eigenvalue weighted by atomic mass is 10.4. The van der Waals surface area contributed by atoms with Gasteiger partial charge >= 0.3 is 5.97 Å². The normalized spacial score (nSPS) is 13.1. The first kappa shape index (κ1) is 9.09. The minimum atomic E-state index is -1.02. The van der Waals surface area contributed by atoms with Gasteiger partial charge < -0.3 is 9.66 Å². The highest BCUT2D eigenvalue weighted by Gasteiger charge is 2.13. The van der Waals surface area contributed by atoms with Gasteiger partial charge in [-0.25, -0.2) is 4.72 Å². The zero-order chi connectivity index (χ0) is 7.28. The molecule has 0 aliphatic heterocycles. The van der Waals surface area contributed by atoms with Gasteiger partial charge in [0.25, 0.3) is 0 Å². The zero-order valence-corrected chi connectivity index (χ0v) is 6.15. The molecular formula is C3H7NO3S2. The summed E-state index contributed by atoms with van der Waals surface area (Å²) < 4.78 is 10.4. The summed E-state index contributed by atoms with van der Waals surface area (Å²) in [5.74, 6) is -0.866. The molecule has 0 aromatic heterocycles. The average Bonchev–Trinajstić information content (AvgIpc) is 1.82. The van der Waals surface area contributed by atoms with Crippen molar-refractivity contribution in [2.24, 2.45) is 0 Å². The van der Waals surface area contributed by atoms with Crippen molar-refractivity contribution in [3.05, 3.63) is 0 Å². The van der Waals surface area contributed by atoms with E-state index >= 15 is 0 Å². The molecule has 6 heteroatoms. The molecular weight excluding hydrogens is 162 g/mol. The molecule has 1 unspecified atom stereocenters. The third-order valence-electron chi connectivity index (χ3n) is 0.676. The van der Waals surface area contributed by atoms with E-state index in [0.717, 1.165) is 0 Å². The zero-order valence-electron chi connectivity index (χ0n) is 4.44. The minimum Gasteiger partial charge on any atom is -0.480 e. The summed E-state index contributed by atoms with van der Waals surface area (Å²) in [4.78, 5) is 10.1. The summed E-state index contributed by atoms with van der Waals surface area (Å²) in [5.41, 5.74) is 0. The number of hydrogen-bond donors (Lipinski definition) is 4. The Hall–Kier alpha value is 0.0900. The van der Waals surface area contributed by atoms with Crippen LogP contribution in [0.15, 0.2) is 0 Å².